The summed E-state index contributed by atoms with van der Waals surface area (Å²) in [5.74, 6) is 0. The Morgan fingerprint density at radius 1 is 1.21 bits per heavy atom. The van der Waals surface area contributed by atoms with Crippen LogP contribution in [0.5, 0.6) is 0 Å². The van der Waals surface area contributed by atoms with E-state index in [1.807, 2.05) is 0 Å². The lowest BCUT2D eigenvalue weighted by molar-refractivity contribution is 0.154. The third-order valence-electron chi connectivity index (χ3n) is 4.21. The van der Waals surface area contributed by atoms with Gasteiger partial charge in [-0.15, -0.1) is 0 Å². The lowest BCUT2D eigenvalue weighted by atomic mass is 9.67. The van der Waals surface area contributed by atoms with Crippen LogP contribution in [0.15, 0.2) is 23.3 Å². The first-order valence-electron chi connectivity index (χ1n) is 5.67. The standard InChI is InChI=1S/C13H21N/c1-11-5-4-6-13(12(11)2)7-9-14(3)10-8-13/h4-5H,6-10H2,1-3H3. The molecular weight excluding hydrogens is 170 g/mol. The van der Waals surface area contributed by atoms with Gasteiger partial charge in [0.25, 0.3) is 0 Å². The van der Waals surface area contributed by atoms with Crippen molar-refractivity contribution in [3.05, 3.63) is 23.3 Å². The molecule has 1 spiro atoms. The average molecular weight is 191 g/mol. The van der Waals surface area contributed by atoms with Gasteiger partial charge in [0.1, 0.15) is 0 Å². The first-order chi connectivity index (χ1) is 6.64. The number of piperidine rings is 1. The Hall–Kier alpha value is -0.560. The Morgan fingerprint density at radius 2 is 1.86 bits per heavy atom. The molecule has 0 radical (unpaired) electrons. The number of hydrogen-bond acceptors (Lipinski definition) is 1. The highest BCUT2D eigenvalue weighted by Gasteiger charge is 2.35. The second-order valence-electron chi connectivity index (χ2n) is 5.00. The van der Waals surface area contributed by atoms with Gasteiger partial charge >= 0.3 is 0 Å². The molecule has 1 heteroatoms. The maximum Gasteiger partial charge on any atom is -0.00133 e. The summed E-state index contributed by atoms with van der Waals surface area (Å²) in [4.78, 5) is 2.45. The van der Waals surface area contributed by atoms with E-state index >= 15 is 0 Å². The van der Waals surface area contributed by atoms with Gasteiger partial charge < -0.3 is 4.90 Å². The molecule has 0 aromatic heterocycles. The van der Waals surface area contributed by atoms with E-state index in [1.165, 1.54) is 37.9 Å². The van der Waals surface area contributed by atoms with Crippen molar-refractivity contribution in [1.82, 2.24) is 4.90 Å². The van der Waals surface area contributed by atoms with Crippen LogP contribution < -0.4 is 0 Å². The van der Waals surface area contributed by atoms with Crippen molar-refractivity contribution in [3.8, 4) is 0 Å². The van der Waals surface area contributed by atoms with Crippen molar-refractivity contribution in [3.63, 3.8) is 0 Å². The van der Waals surface area contributed by atoms with Crippen molar-refractivity contribution >= 4 is 0 Å². The average Bonchev–Trinajstić information content (AvgIpc) is 2.19. The third-order valence-corrected chi connectivity index (χ3v) is 4.21. The quantitative estimate of drug-likeness (QED) is 0.569. The molecule has 1 aliphatic carbocycles. The predicted octanol–water partition coefficient (Wildman–Crippen LogP) is 2.99. The van der Waals surface area contributed by atoms with E-state index in [0.717, 1.165) is 0 Å². The molecule has 0 atom stereocenters. The molecule has 0 saturated carbocycles. The van der Waals surface area contributed by atoms with Gasteiger partial charge in [-0.1, -0.05) is 23.3 Å². The number of hydrogen-bond donors (Lipinski definition) is 0. The summed E-state index contributed by atoms with van der Waals surface area (Å²) >= 11 is 0. The van der Waals surface area contributed by atoms with Gasteiger partial charge in [-0.2, -0.15) is 0 Å². The van der Waals surface area contributed by atoms with Crippen molar-refractivity contribution in [2.45, 2.75) is 33.1 Å². The smallest absolute Gasteiger partial charge is 0.00133 e. The van der Waals surface area contributed by atoms with Crippen LogP contribution in [0.1, 0.15) is 33.1 Å². The maximum atomic E-state index is 2.45. The normalized spacial score (nSPS) is 27.4. The van der Waals surface area contributed by atoms with E-state index in [-0.39, 0.29) is 0 Å². The summed E-state index contributed by atoms with van der Waals surface area (Å²) in [5.41, 5.74) is 3.67. The van der Waals surface area contributed by atoms with Gasteiger partial charge in [0, 0.05) is 0 Å². The zero-order valence-corrected chi connectivity index (χ0v) is 9.64. The summed E-state index contributed by atoms with van der Waals surface area (Å²) in [6, 6.07) is 0. The van der Waals surface area contributed by atoms with Crippen LogP contribution in [0.4, 0.5) is 0 Å². The number of allylic oxidation sites excluding steroid dienone is 4. The summed E-state index contributed by atoms with van der Waals surface area (Å²) < 4.78 is 0. The van der Waals surface area contributed by atoms with Crippen LogP contribution in [-0.2, 0) is 0 Å². The zero-order chi connectivity index (χ0) is 10.2. The largest absolute Gasteiger partial charge is 0.306 e. The molecule has 1 aliphatic heterocycles. The molecule has 1 saturated heterocycles. The Morgan fingerprint density at radius 3 is 2.50 bits per heavy atom. The summed E-state index contributed by atoms with van der Waals surface area (Å²) in [6.45, 7) is 7.12. The maximum absolute atomic E-state index is 2.45. The van der Waals surface area contributed by atoms with E-state index in [2.05, 4.69) is 37.9 Å². The zero-order valence-electron chi connectivity index (χ0n) is 9.64. The summed E-state index contributed by atoms with van der Waals surface area (Å²) in [5, 5.41) is 0. The second-order valence-corrected chi connectivity index (χ2v) is 5.00. The molecule has 78 valence electrons. The molecule has 2 aliphatic rings. The molecule has 0 amide bonds. The first-order valence-corrected chi connectivity index (χ1v) is 5.67. The van der Waals surface area contributed by atoms with Crippen LogP contribution >= 0.6 is 0 Å². The first kappa shape index (κ1) is 9.97. The molecular formula is C13H21N. The van der Waals surface area contributed by atoms with Gasteiger partial charge in [0.05, 0.1) is 0 Å². The molecule has 2 rings (SSSR count). The van der Waals surface area contributed by atoms with Crippen LogP contribution in [0, 0.1) is 5.41 Å². The van der Waals surface area contributed by atoms with E-state index < -0.39 is 0 Å². The molecule has 1 fully saturated rings. The van der Waals surface area contributed by atoms with Crippen molar-refractivity contribution in [1.29, 1.82) is 0 Å². The summed E-state index contributed by atoms with van der Waals surface area (Å²) in [6.07, 6.45) is 8.62. The Bertz CT molecular complexity index is 278. The third kappa shape index (κ3) is 1.54. The number of likely N-dealkylation sites (tertiary alicyclic amines) is 1. The van der Waals surface area contributed by atoms with Crippen LogP contribution in [-0.4, -0.2) is 25.0 Å². The van der Waals surface area contributed by atoms with Gasteiger partial charge in [-0.3, -0.25) is 0 Å². The predicted molar refractivity (Wildman–Crippen MR) is 61.3 cm³/mol. The Kier molecular flexibility index (Phi) is 2.52. The molecule has 0 N–H and O–H groups in total. The van der Waals surface area contributed by atoms with E-state index in [1.54, 1.807) is 5.57 Å². The second kappa shape index (κ2) is 3.54. The lowest BCUT2D eigenvalue weighted by Gasteiger charge is -2.43. The van der Waals surface area contributed by atoms with Gasteiger partial charge in [-0.05, 0) is 58.7 Å². The minimum Gasteiger partial charge on any atom is -0.306 e. The van der Waals surface area contributed by atoms with Crippen molar-refractivity contribution < 1.29 is 0 Å². The topological polar surface area (TPSA) is 3.24 Å². The molecule has 0 bridgehead atoms. The van der Waals surface area contributed by atoms with Crippen molar-refractivity contribution in [2.24, 2.45) is 5.41 Å². The van der Waals surface area contributed by atoms with Gasteiger partial charge in [0.15, 0.2) is 0 Å². The molecule has 1 nitrogen and oxygen atoms in total. The SMILES string of the molecule is CC1=C(C)C2(CC=C1)CCN(C)CC2. The fourth-order valence-electron chi connectivity index (χ4n) is 2.78. The number of nitrogens with zero attached hydrogens (tertiary/aromatic N) is 1. The molecule has 0 unspecified atom stereocenters. The summed E-state index contributed by atoms with van der Waals surface area (Å²) in [7, 11) is 2.23. The fourth-order valence-corrected chi connectivity index (χ4v) is 2.78. The highest BCUT2D eigenvalue weighted by Crippen LogP contribution is 2.45. The molecule has 14 heavy (non-hydrogen) atoms. The van der Waals surface area contributed by atoms with Crippen LogP contribution in [0.2, 0.25) is 0 Å². The van der Waals surface area contributed by atoms with E-state index in [0.29, 0.717) is 5.41 Å². The molecule has 0 aromatic carbocycles. The monoisotopic (exact) mass is 191 g/mol. The fraction of sp³-hybridized carbons (Fsp3) is 0.692. The van der Waals surface area contributed by atoms with Crippen LogP contribution in [0.25, 0.3) is 0 Å². The molecule has 1 heterocycles. The minimum atomic E-state index is 0.519. The number of rotatable bonds is 0. The van der Waals surface area contributed by atoms with Gasteiger partial charge in [0.2, 0.25) is 0 Å². The highest BCUT2D eigenvalue weighted by molar-refractivity contribution is 5.33. The van der Waals surface area contributed by atoms with Crippen molar-refractivity contribution in [2.75, 3.05) is 20.1 Å². The van der Waals surface area contributed by atoms with Crippen LogP contribution in [0.3, 0.4) is 0 Å². The van der Waals surface area contributed by atoms with E-state index in [4.69, 9.17) is 0 Å². The highest BCUT2D eigenvalue weighted by atomic mass is 15.1. The Labute approximate surface area is 87.5 Å². The van der Waals surface area contributed by atoms with E-state index in [9.17, 15) is 0 Å². The Balaban J connectivity index is 2.21. The molecule has 0 aromatic rings. The lowest BCUT2D eigenvalue weighted by Crippen LogP contribution is -2.39. The van der Waals surface area contributed by atoms with Gasteiger partial charge in [-0.25, -0.2) is 0 Å². The minimum absolute atomic E-state index is 0.519.